The van der Waals surface area contributed by atoms with Crippen LogP contribution in [0.3, 0.4) is 0 Å². The zero-order chi connectivity index (χ0) is 35.6. The van der Waals surface area contributed by atoms with Crippen molar-refractivity contribution in [1.29, 1.82) is 0 Å². The van der Waals surface area contributed by atoms with E-state index in [9.17, 15) is 24.0 Å². The van der Waals surface area contributed by atoms with Crippen LogP contribution in [0.15, 0.2) is 53.7 Å². The molecule has 3 aliphatic heterocycles. The molecule has 1 aliphatic carbocycles. The van der Waals surface area contributed by atoms with E-state index in [1.165, 1.54) is 4.90 Å². The standard InChI is InChI=1S/C36H43N5O9/c1-35(2,3)30(39-34(46)47-18-22-8-5-4-6-9-22)33(45)41-19-36(16-25(40-50-36)23-12-13-27-28(15-23)49-20-48-27)17-26(41)32(44)38-24(29(42)31(37)43)14-21-10-7-11-21/h4-6,8-9,12-13,15,21,24,26,30H,7,10-11,14,16-20H2,1-3H3,(H2,37,43)(H,38,44)(H,39,46)/t24?,26-,30+,36+/m0/s1. The van der Waals surface area contributed by atoms with Gasteiger partial charge in [0.15, 0.2) is 17.1 Å². The van der Waals surface area contributed by atoms with Crippen LogP contribution < -0.4 is 25.8 Å². The Morgan fingerprint density at radius 2 is 1.78 bits per heavy atom. The first-order valence-corrected chi connectivity index (χ1v) is 16.9. The summed E-state index contributed by atoms with van der Waals surface area (Å²) >= 11 is 0. The first-order valence-electron chi connectivity index (χ1n) is 16.9. The van der Waals surface area contributed by atoms with E-state index in [4.69, 9.17) is 24.8 Å². The number of carbonyl (C=O) groups excluding carboxylic acids is 5. The van der Waals surface area contributed by atoms with Crippen molar-refractivity contribution in [3.05, 3.63) is 59.7 Å². The number of carbonyl (C=O) groups is 5. The number of amides is 4. The molecule has 2 fully saturated rings. The summed E-state index contributed by atoms with van der Waals surface area (Å²) in [6.07, 6.45) is 2.53. The second-order valence-corrected chi connectivity index (χ2v) is 14.6. The number of Topliss-reactive ketones (excluding diaryl/α,β-unsaturated/α-hetero) is 1. The van der Waals surface area contributed by atoms with Crippen molar-refractivity contribution in [3.8, 4) is 11.5 Å². The van der Waals surface area contributed by atoms with Crippen molar-refractivity contribution in [1.82, 2.24) is 15.5 Å². The normalized spacial score (nSPS) is 22.2. The molecule has 1 spiro atoms. The van der Waals surface area contributed by atoms with Gasteiger partial charge < -0.3 is 40.3 Å². The Labute approximate surface area is 290 Å². The number of alkyl carbamates (subject to hydrolysis) is 1. The molecule has 2 aromatic carbocycles. The van der Waals surface area contributed by atoms with Crippen LogP contribution in [0, 0.1) is 11.3 Å². The summed E-state index contributed by atoms with van der Waals surface area (Å²) in [5.41, 5.74) is 5.58. The van der Waals surface area contributed by atoms with Gasteiger partial charge in [-0.15, -0.1) is 0 Å². The van der Waals surface area contributed by atoms with Gasteiger partial charge in [0.05, 0.1) is 18.3 Å². The van der Waals surface area contributed by atoms with E-state index in [-0.39, 0.29) is 45.1 Å². The highest BCUT2D eigenvalue weighted by Crippen LogP contribution is 2.41. The van der Waals surface area contributed by atoms with Gasteiger partial charge in [-0.25, -0.2) is 4.79 Å². The van der Waals surface area contributed by atoms with Crippen molar-refractivity contribution >= 4 is 35.3 Å². The van der Waals surface area contributed by atoms with Crippen LogP contribution in [0.4, 0.5) is 4.79 Å². The van der Waals surface area contributed by atoms with Gasteiger partial charge in [-0.2, -0.15) is 0 Å². The molecule has 266 valence electrons. The second-order valence-electron chi connectivity index (χ2n) is 14.6. The molecule has 4 amide bonds. The Bertz CT molecular complexity index is 1690. The third-order valence-corrected chi connectivity index (χ3v) is 9.79. The van der Waals surface area contributed by atoms with Gasteiger partial charge in [0, 0.05) is 18.4 Å². The number of hydrogen-bond acceptors (Lipinski definition) is 10. The molecule has 1 unspecified atom stereocenters. The average molecular weight is 690 g/mol. The summed E-state index contributed by atoms with van der Waals surface area (Å²) in [4.78, 5) is 73.9. The van der Waals surface area contributed by atoms with Crippen molar-refractivity contribution in [2.24, 2.45) is 22.2 Å². The van der Waals surface area contributed by atoms with E-state index in [1.54, 1.807) is 32.9 Å². The maximum absolute atomic E-state index is 14.5. The molecule has 4 aliphatic rings. The lowest BCUT2D eigenvalue weighted by atomic mass is 9.80. The van der Waals surface area contributed by atoms with Crippen LogP contribution in [0.2, 0.25) is 0 Å². The fourth-order valence-electron chi connectivity index (χ4n) is 6.79. The fraction of sp³-hybridized carbons (Fsp3) is 0.500. The second kappa shape index (κ2) is 14.0. The van der Waals surface area contributed by atoms with Gasteiger partial charge in [-0.1, -0.05) is 75.5 Å². The smallest absolute Gasteiger partial charge is 0.408 e. The molecule has 0 aromatic heterocycles. The molecule has 14 heteroatoms. The molecule has 4 N–H and O–H groups in total. The molecular weight excluding hydrogens is 646 g/mol. The summed E-state index contributed by atoms with van der Waals surface area (Å²) in [7, 11) is 0. The number of primary amides is 1. The number of nitrogens with one attached hydrogen (secondary N) is 2. The Morgan fingerprint density at radius 1 is 1.04 bits per heavy atom. The summed E-state index contributed by atoms with van der Waals surface area (Å²) in [5.74, 6) is -1.85. The van der Waals surface area contributed by atoms with Crippen molar-refractivity contribution < 1.29 is 43.0 Å². The number of ketones is 1. The predicted octanol–water partition coefficient (Wildman–Crippen LogP) is 2.95. The number of ether oxygens (including phenoxy) is 3. The Kier molecular flexibility index (Phi) is 9.72. The molecule has 3 heterocycles. The van der Waals surface area contributed by atoms with Gasteiger partial charge in [0.25, 0.3) is 5.91 Å². The summed E-state index contributed by atoms with van der Waals surface area (Å²) in [6, 6.07) is 11.2. The predicted molar refractivity (Wildman–Crippen MR) is 179 cm³/mol. The zero-order valence-electron chi connectivity index (χ0n) is 28.4. The van der Waals surface area contributed by atoms with Crippen molar-refractivity contribution in [2.45, 2.75) is 89.6 Å². The monoisotopic (exact) mass is 689 g/mol. The zero-order valence-corrected chi connectivity index (χ0v) is 28.4. The molecule has 14 nitrogen and oxygen atoms in total. The van der Waals surface area contributed by atoms with Crippen LogP contribution in [-0.2, 0) is 35.4 Å². The van der Waals surface area contributed by atoms with Crippen LogP contribution in [0.5, 0.6) is 11.5 Å². The van der Waals surface area contributed by atoms with Crippen LogP contribution in [0.1, 0.15) is 70.4 Å². The van der Waals surface area contributed by atoms with Crippen LogP contribution in [-0.4, -0.2) is 77.3 Å². The number of rotatable bonds is 11. The number of oxime groups is 1. The molecule has 1 saturated heterocycles. The number of nitrogens with zero attached hydrogens (tertiary/aromatic N) is 2. The van der Waals surface area contributed by atoms with Gasteiger partial charge in [0.1, 0.15) is 18.7 Å². The van der Waals surface area contributed by atoms with Gasteiger partial charge in [0.2, 0.25) is 24.4 Å². The van der Waals surface area contributed by atoms with Gasteiger partial charge in [-0.3, -0.25) is 19.2 Å². The van der Waals surface area contributed by atoms with E-state index in [2.05, 4.69) is 15.8 Å². The summed E-state index contributed by atoms with van der Waals surface area (Å²) < 4.78 is 16.4. The lowest BCUT2D eigenvalue weighted by molar-refractivity contribution is -0.144. The van der Waals surface area contributed by atoms with Crippen molar-refractivity contribution in [3.63, 3.8) is 0 Å². The minimum atomic E-state index is -1.14. The SMILES string of the molecule is CC(C)(C)[C@H](NC(=O)OCc1ccccc1)C(=O)N1C[C@@]2(CC(c3ccc4c(c3)OCO4)=NO2)C[C@H]1C(=O)NC(CC1CCC1)C(=O)C(N)=O. The highest BCUT2D eigenvalue weighted by molar-refractivity contribution is 6.37. The number of likely N-dealkylation sites (tertiary alicyclic amines) is 1. The first-order chi connectivity index (χ1) is 23.8. The Balaban J connectivity index is 1.24. The first kappa shape index (κ1) is 34.7. The lowest BCUT2D eigenvalue weighted by Gasteiger charge is -2.35. The van der Waals surface area contributed by atoms with E-state index in [1.807, 2.05) is 36.4 Å². The maximum Gasteiger partial charge on any atom is 0.408 e. The Morgan fingerprint density at radius 3 is 2.46 bits per heavy atom. The number of hydrogen-bond donors (Lipinski definition) is 3. The molecule has 0 radical (unpaired) electrons. The molecule has 0 bridgehead atoms. The highest BCUT2D eigenvalue weighted by Gasteiger charge is 2.56. The topological polar surface area (TPSA) is 188 Å². The molecule has 50 heavy (non-hydrogen) atoms. The Hall–Kier alpha value is -5.14. The van der Waals surface area contributed by atoms with E-state index in [0.717, 1.165) is 30.4 Å². The highest BCUT2D eigenvalue weighted by atomic mass is 16.7. The van der Waals surface area contributed by atoms with E-state index >= 15 is 0 Å². The third kappa shape index (κ3) is 7.53. The van der Waals surface area contributed by atoms with Crippen molar-refractivity contribution in [2.75, 3.05) is 13.3 Å². The van der Waals surface area contributed by atoms with Gasteiger partial charge >= 0.3 is 6.09 Å². The maximum atomic E-state index is 14.5. The van der Waals surface area contributed by atoms with Crippen LogP contribution in [0.25, 0.3) is 0 Å². The van der Waals surface area contributed by atoms with Crippen LogP contribution >= 0.6 is 0 Å². The molecule has 1 saturated carbocycles. The molecule has 2 aromatic rings. The summed E-state index contributed by atoms with van der Waals surface area (Å²) in [6.45, 7) is 5.46. The van der Waals surface area contributed by atoms with E-state index in [0.29, 0.717) is 17.2 Å². The number of fused-ring (bicyclic) bond motifs is 1. The minimum Gasteiger partial charge on any atom is -0.454 e. The molecular formula is C36H43N5O9. The minimum absolute atomic E-state index is 0.000326. The van der Waals surface area contributed by atoms with Gasteiger partial charge in [-0.05, 0) is 41.5 Å². The average Bonchev–Trinajstić information content (AvgIpc) is 3.81. The fourth-order valence-corrected chi connectivity index (χ4v) is 6.79. The molecule has 4 atom stereocenters. The van der Waals surface area contributed by atoms with E-state index < -0.39 is 58.7 Å². The lowest BCUT2D eigenvalue weighted by Crippen LogP contribution is -2.59. The number of benzene rings is 2. The quantitative estimate of drug-likeness (QED) is 0.298. The number of nitrogens with two attached hydrogens (primary N) is 1. The largest absolute Gasteiger partial charge is 0.454 e. The third-order valence-electron chi connectivity index (χ3n) is 9.79. The summed E-state index contributed by atoms with van der Waals surface area (Å²) in [5, 5.41) is 9.83. The molecule has 6 rings (SSSR count).